The zero-order valence-corrected chi connectivity index (χ0v) is 16.9. The standard InChI is InChI=1S/C8H17.C4H8O3P.C2H8N2.Na/c1-3-5-7-8-6-4-2;5-8-6-3-1-2-4-7-8;3-1-2-4;/h1,3-8H2,2H3;1-4H2;1-4H2;/q-1;+1;;+1. The van der Waals surface area contributed by atoms with Crippen LogP contribution in [0.3, 0.4) is 0 Å². The van der Waals surface area contributed by atoms with E-state index in [9.17, 15) is 4.57 Å². The molecule has 0 bridgehead atoms. The Labute approximate surface area is 154 Å². The molecule has 1 saturated heterocycles. The Kier molecular flexibility index (Phi) is 33.0. The van der Waals surface area contributed by atoms with E-state index in [1.807, 2.05) is 0 Å². The normalized spacial score (nSPS) is 13.8. The van der Waals surface area contributed by atoms with Crippen LogP contribution >= 0.6 is 8.25 Å². The van der Waals surface area contributed by atoms with E-state index in [0.717, 1.165) is 19.3 Å². The molecule has 0 aromatic carbocycles. The molecule has 7 heteroatoms. The fourth-order valence-electron chi connectivity index (χ4n) is 1.30. The number of hydrogen-bond acceptors (Lipinski definition) is 5. The second-order valence-corrected chi connectivity index (χ2v) is 5.41. The summed E-state index contributed by atoms with van der Waals surface area (Å²) in [6.45, 7) is 8.38. The van der Waals surface area contributed by atoms with Gasteiger partial charge in [-0.05, 0) is 12.8 Å². The van der Waals surface area contributed by atoms with Crippen LogP contribution in [0.2, 0.25) is 0 Å². The molecule has 0 amide bonds. The van der Waals surface area contributed by atoms with Gasteiger partial charge in [0.15, 0.2) is 0 Å². The van der Waals surface area contributed by atoms with E-state index >= 15 is 0 Å². The van der Waals surface area contributed by atoms with Gasteiger partial charge in [0.05, 0.1) is 0 Å². The van der Waals surface area contributed by atoms with Gasteiger partial charge in [-0.1, -0.05) is 39.0 Å². The van der Waals surface area contributed by atoms with E-state index in [-0.39, 0.29) is 29.6 Å². The van der Waals surface area contributed by atoms with E-state index < -0.39 is 8.25 Å². The molecule has 1 fully saturated rings. The zero-order chi connectivity index (χ0) is 15.5. The SMILES string of the molecule is NCCN.O=[P+]1OCCCCO1.[CH2-]CCCCCCC.[Na+]. The largest absolute Gasteiger partial charge is 1.00 e. The van der Waals surface area contributed by atoms with Gasteiger partial charge in [0.25, 0.3) is 0 Å². The maximum Gasteiger partial charge on any atom is 1.00 e. The third kappa shape index (κ3) is 29.6. The molecule has 0 aromatic heterocycles. The third-order valence-electron chi connectivity index (χ3n) is 2.45. The van der Waals surface area contributed by atoms with Gasteiger partial charge in [-0.3, -0.25) is 0 Å². The van der Waals surface area contributed by atoms with Gasteiger partial charge in [0.2, 0.25) is 0 Å². The first-order chi connectivity index (χ1) is 9.72. The summed E-state index contributed by atoms with van der Waals surface area (Å²) in [5.41, 5.74) is 9.81. The van der Waals surface area contributed by atoms with Crippen molar-refractivity contribution < 1.29 is 43.2 Å². The van der Waals surface area contributed by atoms with Crippen LogP contribution < -0.4 is 41.0 Å². The number of nitrogens with two attached hydrogens (primary N) is 2. The van der Waals surface area contributed by atoms with Crippen molar-refractivity contribution in [3.05, 3.63) is 6.92 Å². The molecule has 0 saturated carbocycles. The second kappa shape index (κ2) is 25.9. The Hall–Kier alpha value is 0.940. The fourth-order valence-corrected chi connectivity index (χ4v) is 1.93. The molecule has 21 heavy (non-hydrogen) atoms. The summed E-state index contributed by atoms with van der Waals surface area (Å²) in [6, 6.07) is 0. The first-order valence-electron chi connectivity index (χ1n) is 7.65. The van der Waals surface area contributed by atoms with Crippen LogP contribution in [-0.2, 0) is 13.6 Å². The summed E-state index contributed by atoms with van der Waals surface area (Å²) >= 11 is 0. The van der Waals surface area contributed by atoms with Crippen LogP contribution in [0.4, 0.5) is 0 Å². The Bertz CT molecular complexity index is 183. The van der Waals surface area contributed by atoms with Crippen LogP contribution in [-0.4, -0.2) is 26.3 Å². The van der Waals surface area contributed by atoms with Gasteiger partial charge in [-0.15, -0.1) is 9.05 Å². The van der Waals surface area contributed by atoms with E-state index in [0.29, 0.717) is 26.3 Å². The Morgan fingerprint density at radius 2 is 1.48 bits per heavy atom. The monoisotopic (exact) mass is 331 g/mol. The van der Waals surface area contributed by atoms with Gasteiger partial charge >= 0.3 is 37.8 Å². The summed E-state index contributed by atoms with van der Waals surface area (Å²) in [7, 11) is -1.77. The first-order valence-corrected chi connectivity index (χ1v) is 8.74. The maximum atomic E-state index is 10.4. The summed E-state index contributed by atoms with van der Waals surface area (Å²) in [5, 5.41) is 0. The van der Waals surface area contributed by atoms with E-state index in [2.05, 4.69) is 22.9 Å². The summed E-state index contributed by atoms with van der Waals surface area (Å²) in [4.78, 5) is 0. The number of hydrogen-bond donors (Lipinski definition) is 2. The molecular weight excluding hydrogens is 298 g/mol. The maximum absolute atomic E-state index is 10.4. The molecule has 0 spiro atoms. The Morgan fingerprint density at radius 1 is 1.00 bits per heavy atom. The van der Waals surface area contributed by atoms with E-state index in [1.54, 1.807) is 0 Å². The van der Waals surface area contributed by atoms with Gasteiger partial charge in [-0.25, -0.2) is 0 Å². The van der Waals surface area contributed by atoms with Gasteiger partial charge < -0.3 is 18.4 Å². The van der Waals surface area contributed by atoms with E-state index in [4.69, 9.17) is 11.5 Å². The van der Waals surface area contributed by atoms with Gasteiger partial charge in [-0.2, -0.15) is 6.42 Å². The molecule has 0 aromatic rings. The van der Waals surface area contributed by atoms with Crippen LogP contribution in [0, 0.1) is 6.92 Å². The van der Waals surface area contributed by atoms with Crippen LogP contribution in [0.1, 0.15) is 58.3 Å². The van der Waals surface area contributed by atoms with Crippen molar-refractivity contribution in [3.8, 4) is 0 Å². The quantitative estimate of drug-likeness (QED) is 0.321. The minimum atomic E-state index is -1.77. The van der Waals surface area contributed by atoms with Crippen molar-refractivity contribution in [2.45, 2.75) is 58.3 Å². The second-order valence-electron chi connectivity index (χ2n) is 4.44. The Balaban J connectivity index is -0.000000239. The molecule has 0 atom stereocenters. The van der Waals surface area contributed by atoms with Crippen molar-refractivity contribution in [2.75, 3.05) is 26.3 Å². The zero-order valence-electron chi connectivity index (χ0n) is 14.0. The molecule has 4 N–H and O–H groups in total. The van der Waals surface area contributed by atoms with Crippen molar-refractivity contribution in [1.29, 1.82) is 0 Å². The molecular formula is C14H33N2NaO3P+. The Morgan fingerprint density at radius 3 is 1.86 bits per heavy atom. The minimum Gasteiger partial charge on any atom is -0.343 e. The van der Waals surface area contributed by atoms with Crippen molar-refractivity contribution in [3.63, 3.8) is 0 Å². The molecule has 1 rings (SSSR count). The topological polar surface area (TPSA) is 87.6 Å². The number of rotatable bonds is 6. The fraction of sp³-hybridized carbons (Fsp3) is 0.929. The van der Waals surface area contributed by atoms with Crippen LogP contribution in [0.5, 0.6) is 0 Å². The molecule has 5 nitrogen and oxygen atoms in total. The molecule has 1 aliphatic heterocycles. The summed E-state index contributed by atoms with van der Waals surface area (Å²) in [6.07, 6.45) is 9.90. The van der Waals surface area contributed by atoms with Crippen molar-refractivity contribution in [1.82, 2.24) is 0 Å². The average molecular weight is 331 g/mol. The predicted molar refractivity (Wildman–Crippen MR) is 85.6 cm³/mol. The third-order valence-corrected chi connectivity index (χ3v) is 3.24. The predicted octanol–water partition coefficient (Wildman–Crippen LogP) is 0.560. The smallest absolute Gasteiger partial charge is 0.343 e. The molecule has 122 valence electrons. The van der Waals surface area contributed by atoms with Crippen molar-refractivity contribution in [2.24, 2.45) is 11.5 Å². The van der Waals surface area contributed by atoms with E-state index in [1.165, 1.54) is 32.1 Å². The summed E-state index contributed by atoms with van der Waals surface area (Å²) < 4.78 is 19.8. The van der Waals surface area contributed by atoms with Crippen LogP contribution in [0.15, 0.2) is 0 Å². The number of unbranched alkanes of at least 4 members (excludes halogenated alkanes) is 5. The molecule has 0 aliphatic carbocycles. The molecule has 1 heterocycles. The molecule has 1 aliphatic rings. The summed E-state index contributed by atoms with van der Waals surface area (Å²) in [5.74, 6) is 0. The minimum absolute atomic E-state index is 0. The average Bonchev–Trinajstić information content (AvgIpc) is 2.72. The molecule has 0 radical (unpaired) electrons. The van der Waals surface area contributed by atoms with Crippen LogP contribution in [0.25, 0.3) is 0 Å². The van der Waals surface area contributed by atoms with Crippen molar-refractivity contribution >= 4 is 8.25 Å². The van der Waals surface area contributed by atoms with Gasteiger partial charge in [0.1, 0.15) is 13.2 Å². The first kappa shape index (κ1) is 26.8. The van der Waals surface area contributed by atoms with Gasteiger partial charge in [0, 0.05) is 17.7 Å². The molecule has 0 unspecified atom stereocenters.